The Balaban J connectivity index is 2.48. The Kier molecular flexibility index (Phi) is 6.40. The fraction of sp³-hybridized carbons (Fsp3) is 0.318. The van der Waals surface area contributed by atoms with Crippen LogP contribution in [0.2, 0.25) is 0 Å². The molecule has 3 nitrogen and oxygen atoms in total. The maximum atomic E-state index is 13.3. The van der Waals surface area contributed by atoms with Crippen LogP contribution in [0.15, 0.2) is 61.2 Å². The van der Waals surface area contributed by atoms with E-state index in [0.717, 1.165) is 23.4 Å². The van der Waals surface area contributed by atoms with Crippen LogP contribution in [0.25, 0.3) is 0 Å². The van der Waals surface area contributed by atoms with Gasteiger partial charge in [-0.3, -0.25) is 4.79 Å². The number of amides is 1. The third-order valence-electron chi connectivity index (χ3n) is 4.26. The number of carbonyl (C=O) groups excluding carboxylic acids is 1. The lowest BCUT2D eigenvalue weighted by Gasteiger charge is -2.31. The molecule has 0 aliphatic heterocycles. The molecule has 0 saturated carbocycles. The second kappa shape index (κ2) is 8.52. The van der Waals surface area contributed by atoms with Gasteiger partial charge in [0.25, 0.3) is 5.91 Å². The molecule has 0 aliphatic carbocycles. The van der Waals surface area contributed by atoms with E-state index in [1.54, 1.807) is 7.11 Å². The highest BCUT2D eigenvalue weighted by atomic mass is 16.5. The van der Waals surface area contributed by atoms with Crippen LogP contribution in [0.3, 0.4) is 0 Å². The van der Waals surface area contributed by atoms with E-state index >= 15 is 0 Å². The molecule has 0 spiro atoms. The molecule has 0 N–H and O–H groups in total. The van der Waals surface area contributed by atoms with Gasteiger partial charge in [-0.1, -0.05) is 38.1 Å². The minimum atomic E-state index is -0.0690. The lowest BCUT2D eigenvalue weighted by atomic mass is 9.99. The molecule has 132 valence electrons. The number of anilines is 1. The molecule has 2 aromatic carbocycles. The number of benzene rings is 2. The van der Waals surface area contributed by atoms with Crippen molar-refractivity contribution in [1.29, 1.82) is 0 Å². The Bertz CT molecular complexity index is 719. The maximum Gasteiger partial charge on any atom is 0.259 e. The highest BCUT2D eigenvalue weighted by molar-refractivity contribution is 6.07. The normalized spacial score (nSPS) is 11.9. The van der Waals surface area contributed by atoms with Crippen molar-refractivity contribution in [3.8, 4) is 5.75 Å². The first-order chi connectivity index (χ1) is 12.0. The average Bonchev–Trinajstić information content (AvgIpc) is 2.61. The molecule has 3 heteroatoms. The molecule has 0 aromatic heterocycles. The zero-order valence-corrected chi connectivity index (χ0v) is 15.5. The molecular formula is C22H27NO2. The standard InChI is InChI=1S/C22H27NO2/c1-6-18(15-16(2)3)23(19-11-13-20(25-5)14-12-19)22(24)21-10-8-7-9-17(21)4/h6-14,16,18H,1,15H2,2-5H3/t18-/m0/s1. The highest BCUT2D eigenvalue weighted by Crippen LogP contribution is 2.27. The number of aryl methyl sites for hydroxylation is 1. The molecule has 0 heterocycles. The van der Waals surface area contributed by atoms with Crippen molar-refractivity contribution in [2.45, 2.75) is 33.2 Å². The van der Waals surface area contributed by atoms with E-state index in [1.807, 2.05) is 66.4 Å². The van der Waals surface area contributed by atoms with Crippen LogP contribution in [0.5, 0.6) is 5.75 Å². The summed E-state index contributed by atoms with van der Waals surface area (Å²) in [6.07, 6.45) is 2.72. The number of hydrogen-bond acceptors (Lipinski definition) is 2. The summed E-state index contributed by atoms with van der Waals surface area (Å²) in [6.45, 7) is 10.2. The van der Waals surface area contributed by atoms with Gasteiger partial charge in [0.2, 0.25) is 0 Å². The van der Waals surface area contributed by atoms with E-state index in [9.17, 15) is 4.79 Å². The molecule has 0 fully saturated rings. The summed E-state index contributed by atoms with van der Waals surface area (Å²) in [4.78, 5) is 15.2. The van der Waals surface area contributed by atoms with Crippen LogP contribution < -0.4 is 9.64 Å². The molecule has 2 rings (SSSR count). The zero-order chi connectivity index (χ0) is 18.4. The van der Waals surface area contributed by atoms with E-state index in [1.165, 1.54) is 0 Å². The Morgan fingerprint density at radius 2 is 1.80 bits per heavy atom. The number of ether oxygens (including phenoxy) is 1. The fourth-order valence-electron chi connectivity index (χ4n) is 2.93. The van der Waals surface area contributed by atoms with Crippen molar-refractivity contribution in [2.24, 2.45) is 5.92 Å². The lowest BCUT2D eigenvalue weighted by Crippen LogP contribution is -2.40. The number of hydrogen-bond donors (Lipinski definition) is 0. The first-order valence-corrected chi connectivity index (χ1v) is 8.63. The van der Waals surface area contributed by atoms with Crippen LogP contribution in [-0.4, -0.2) is 19.1 Å². The third kappa shape index (κ3) is 4.50. The number of nitrogens with zero attached hydrogens (tertiary/aromatic N) is 1. The van der Waals surface area contributed by atoms with Gasteiger partial charge in [-0.15, -0.1) is 6.58 Å². The quantitative estimate of drug-likeness (QED) is 0.646. The maximum absolute atomic E-state index is 13.3. The largest absolute Gasteiger partial charge is 0.497 e. The van der Waals surface area contributed by atoms with Crippen molar-refractivity contribution in [2.75, 3.05) is 12.0 Å². The van der Waals surface area contributed by atoms with Crippen molar-refractivity contribution < 1.29 is 9.53 Å². The van der Waals surface area contributed by atoms with E-state index in [2.05, 4.69) is 20.4 Å². The minimum absolute atomic E-state index is 0.00573. The summed E-state index contributed by atoms with van der Waals surface area (Å²) in [7, 11) is 1.64. The monoisotopic (exact) mass is 337 g/mol. The van der Waals surface area contributed by atoms with Gasteiger partial charge < -0.3 is 9.64 Å². The Morgan fingerprint density at radius 1 is 1.16 bits per heavy atom. The molecule has 0 unspecified atom stereocenters. The summed E-state index contributed by atoms with van der Waals surface area (Å²) >= 11 is 0. The van der Waals surface area contributed by atoms with Gasteiger partial charge in [-0.2, -0.15) is 0 Å². The molecule has 2 aromatic rings. The second-order valence-corrected chi connectivity index (χ2v) is 6.62. The van der Waals surface area contributed by atoms with Gasteiger partial charge in [0.1, 0.15) is 5.75 Å². The summed E-state index contributed by atoms with van der Waals surface area (Å²) in [5.74, 6) is 1.22. The highest BCUT2D eigenvalue weighted by Gasteiger charge is 2.26. The predicted molar refractivity (Wildman–Crippen MR) is 104 cm³/mol. The number of rotatable bonds is 7. The van der Waals surface area contributed by atoms with E-state index in [0.29, 0.717) is 11.5 Å². The molecule has 0 aliphatic rings. The van der Waals surface area contributed by atoms with Crippen molar-refractivity contribution in [1.82, 2.24) is 0 Å². The smallest absolute Gasteiger partial charge is 0.259 e. The summed E-state index contributed by atoms with van der Waals surface area (Å²) in [6, 6.07) is 15.2. The van der Waals surface area contributed by atoms with E-state index in [4.69, 9.17) is 4.74 Å². The van der Waals surface area contributed by atoms with Crippen LogP contribution in [0.4, 0.5) is 5.69 Å². The Morgan fingerprint density at radius 3 is 2.32 bits per heavy atom. The molecule has 0 radical (unpaired) electrons. The Hall–Kier alpha value is -2.55. The van der Waals surface area contributed by atoms with Gasteiger partial charge in [0, 0.05) is 11.3 Å². The molecule has 25 heavy (non-hydrogen) atoms. The molecule has 0 saturated heterocycles. The Labute approximate surface area is 150 Å². The first-order valence-electron chi connectivity index (χ1n) is 8.63. The van der Waals surface area contributed by atoms with Gasteiger partial charge >= 0.3 is 0 Å². The van der Waals surface area contributed by atoms with Crippen molar-refractivity contribution in [3.63, 3.8) is 0 Å². The van der Waals surface area contributed by atoms with E-state index < -0.39 is 0 Å². The lowest BCUT2D eigenvalue weighted by molar-refractivity contribution is 0.0978. The van der Waals surface area contributed by atoms with Gasteiger partial charge in [-0.05, 0) is 55.2 Å². The van der Waals surface area contributed by atoms with Crippen molar-refractivity contribution >= 4 is 11.6 Å². The van der Waals surface area contributed by atoms with Crippen LogP contribution in [0, 0.1) is 12.8 Å². The third-order valence-corrected chi connectivity index (χ3v) is 4.26. The summed E-state index contributed by atoms with van der Waals surface area (Å²) in [5, 5.41) is 0. The van der Waals surface area contributed by atoms with Crippen LogP contribution in [0.1, 0.15) is 36.2 Å². The fourth-order valence-corrected chi connectivity index (χ4v) is 2.93. The molecule has 1 atom stereocenters. The SMILES string of the molecule is C=C[C@@H](CC(C)C)N(C(=O)c1ccccc1C)c1ccc(OC)cc1. The number of methoxy groups -OCH3 is 1. The minimum Gasteiger partial charge on any atom is -0.497 e. The topological polar surface area (TPSA) is 29.5 Å². The first kappa shape index (κ1) is 18.8. The second-order valence-electron chi connectivity index (χ2n) is 6.62. The molecule has 0 bridgehead atoms. The predicted octanol–water partition coefficient (Wildman–Crippen LogP) is 5.25. The zero-order valence-electron chi connectivity index (χ0n) is 15.5. The van der Waals surface area contributed by atoms with Crippen molar-refractivity contribution in [3.05, 3.63) is 72.3 Å². The van der Waals surface area contributed by atoms with Gasteiger partial charge in [-0.25, -0.2) is 0 Å². The molecular weight excluding hydrogens is 310 g/mol. The average molecular weight is 337 g/mol. The van der Waals surface area contributed by atoms with E-state index in [-0.39, 0.29) is 11.9 Å². The summed E-state index contributed by atoms with van der Waals surface area (Å²) in [5.41, 5.74) is 2.53. The summed E-state index contributed by atoms with van der Waals surface area (Å²) < 4.78 is 5.24. The number of carbonyl (C=O) groups is 1. The van der Waals surface area contributed by atoms with Crippen LogP contribution >= 0.6 is 0 Å². The van der Waals surface area contributed by atoms with Gasteiger partial charge in [0.15, 0.2) is 0 Å². The molecule has 1 amide bonds. The van der Waals surface area contributed by atoms with Crippen LogP contribution in [-0.2, 0) is 0 Å². The van der Waals surface area contributed by atoms with Gasteiger partial charge in [0.05, 0.1) is 13.2 Å².